The lowest BCUT2D eigenvalue weighted by Crippen LogP contribution is -2.22. The van der Waals surface area contributed by atoms with E-state index >= 15 is 0 Å². The second-order valence-electron chi connectivity index (χ2n) is 5.92. The van der Waals surface area contributed by atoms with E-state index in [1.165, 1.54) is 22.9 Å². The van der Waals surface area contributed by atoms with Gasteiger partial charge in [-0.25, -0.2) is 9.97 Å². The zero-order chi connectivity index (χ0) is 16.1. The number of fused-ring (bicyclic) bond motifs is 1. The van der Waals surface area contributed by atoms with E-state index in [4.69, 9.17) is 4.74 Å². The third-order valence-electron chi connectivity index (χ3n) is 3.97. The molecule has 0 saturated carbocycles. The monoisotopic (exact) mass is 330 g/mol. The molecule has 2 atom stereocenters. The lowest BCUT2D eigenvalue weighted by atomic mass is 9.89. The van der Waals surface area contributed by atoms with Crippen LogP contribution in [0.5, 0.6) is 0 Å². The van der Waals surface area contributed by atoms with Gasteiger partial charge in [-0.15, -0.1) is 0 Å². The maximum absolute atomic E-state index is 10.1. The highest BCUT2D eigenvalue weighted by molar-refractivity contribution is 7.99. The molecule has 0 bridgehead atoms. The average molecular weight is 330 g/mol. The van der Waals surface area contributed by atoms with Gasteiger partial charge in [0.15, 0.2) is 5.16 Å². The minimum absolute atomic E-state index is 0.107. The van der Waals surface area contributed by atoms with E-state index in [2.05, 4.69) is 34.2 Å². The Bertz CT molecular complexity index is 633. The van der Waals surface area contributed by atoms with Crippen molar-refractivity contribution in [2.45, 2.75) is 43.6 Å². The molecule has 1 heterocycles. The first-order chi connectivity index (χ1) is 11.2. The van der Waals surface area contributed by atoms with E-state index in [-0.39, 0.29) is 6.10 Å². The predicted octanol–water partition coefficient (Wildman–Crippen LogP) is 3.33. The van der Waals surface area contributed by atoms with Crippen LogP contribution in [0.3, 0.4) is 0 Å². The number of thioether (sulfide) groups is 1. The van der Waals surface area contributed by atoms with Crippen LogP contribution in [0.1, 0.15) is 35.6 Å². The fourth-order valence-corrected chi connectivity index (χ4v) is 3.48. The molecule has 1 N–H and O–H groups in total. The highest BCUT2D eigenvalue weighted by atomic mass is 32.2. The van der Waals surface area contributed by atoms with Crippen molar-refractivity contribution < 1.29 is 9.84 Å². The van der Waals surface area contributed by atoms with Crippen LogP contribution in [0.2, 0.25) is 0 Å². The molecule has 3 rings (SSSR count). The number of rotatable bonds is 6. The smallest absolute Gasteiger partial charge is 0.187 e. The molecule has 1 aliphatic carbocycles. The molecule has 5 heteroatoms. The Labute approximate surface area is 141 Å². The molecule has 1 aromatic heterocycles. The van der Waals surface area contributed by atoms with E-state index in [0.29, 0.717) is 17.5 Å². The third-order valence-corrected chi connectivity index (χ3v) is 4.99. The Kier molecular flexibility index (Phi) is 5.65. The number of aromatic nitrogens is 2. The first-order valence-corrected chi connectivity index (χ1v) is 9.00. The highest BCUT2D eigenvalue weighted by Gasteiger charge is 2.21. The lowest BCUT2D eigenvalue weighted by molar-refractivity contribution is -0.00960. The zero-order valence-electron chi connectivity index (χ0n) is 13.3. The van der Waals surface area contributed by atoms with Crippen LogP contribution >= 0.6 is 11.8 Å². The van der Waals surface area contributed by atoms with Gasteiger partial charge in [0, 0.05) is 18.1 Å². The fraction of sp³-hybridized carbons (Fsp3) is 0.444. The van der Waals surface area contributed by atoms with Crippen LogP contribution in [0.4, 0.5) is 0 Å². The molecular formula is C18H22N2O2S. The minimum atomic E-state index is -0.515. The normalized spacial score (nSPS) is 18.4. The molecule has 0 amide bonds. The van der Waals surface area contributed by atoms with Crippen molar-refractivity contribution in [1.29, 1.82) is 0 Å². The third kappa shape index (κ3) is 4.53. The van der Waals surface area contributed by atoms with Gasteiger partial charge in [-0.1, -0.05) is 36.0 Å². The number of nitrogens with zero attached hydrogens (tertiary/aromatic N) is 2. The summed E-state index contributed by atoms with van der Waals surface area (Å²) in [7, 11) is 0. The summed E-state index contributed by atoms with van der Waals surface area (Å²) in [5, 5.41) is 10.8. The van der Waals surface area contributed by atoms with Gasteiger partial charge in [-0.2, -0.15) is 0 Å². The number of ether oxygens (including phenoxy) is 1. The Morgan fingerprint density at radius 1 is 1.30 bits per heavy atom. The fourth-order valence-electron chi connectivity index (χ4n) is 2.78. The van der Waals surface area contributed by atoms with Crippen molar-refractivity contribution in [3.63, 3.8) is 0 Å². The number of aliphatic hydroxyl groups excluding tert-OH is 1. The number of aryl methyl sites for hydroxylation is 2. The van der Waals surface area contributed by atoms with Crippen molar-refractivity contribution in [3.8, 4) is 0 Å². The van der Waals surface area contributed by atoms with E-state index in [1.54, 1.807) is 12.4 Å². The summed E-state index contributed by atoms with van der Waals surface area (Å²) in [6.07, 6.45) is 6.46. The average Bonchev–Trinajstić information content (AvgIpc) is 2.59. The predicted molar refractivity (Wildman–Crippen MR) is 91.6 cm³/mol. The van der Waals surface area contributed by atoms with Gasteiger partial charge < -0.3 is 9.84 Å². The van der Waals surface area contributed by atoms with E-state index in [9.17, 15) is 5.11 Å². The number of hydrogen-bond acceptors (Lipinski definition) is 5. The molecule has 1 aliphatic rings. The molecule has 4 nitrogen and oxygen atoms in total. The van der Waals surface area contributed by atoms with E-state index in [1.807, 2.05) is 6.92 Å². The summed E-state index contributed by atoms with van der Waals surface area (Å²) >= 11 is 1.46. The first-order valence-electron chi connectivity index (χ1n) is 8.01. The molecule has 2 unspecified atom stereocenters. The molecule has 23 heavy (non-hydrogen) atoms. The van der Waals surface area contributed by atoms with Crippen LogP contribution in [-0.4, -0.2) is 33.5 Å². The van der Waals surface area contributed by atoms with Gasteiger partial charge in [0.1, 0.15) is 0 Å². The van der Waals surface area contributed by atoms with Crippen LogP contribution in [0.15, 0.2) is 41.8 Å². The van der Waals surface area contributed by atoms with Crippen molar-refractivity contribution in [1.82, 2.24) is 9.97 Å². The van der Waals surface area contributed by atoms with Crippen molar-refractivity contribution in [2.24, 2.45) is 0 Å². The Hall–Kier alpha value is -1.43. The van der Waals surface area contributed by atoms with Crippen LogP contribution in [-0.2, 0) is 11.2 Å². The number of benzene rings is 1. The van der Waals surface area contributed by atoms with Gasteiger partial charge in [0.25, 0.3) is 0 Å². The van der Waals surface area contributed by atoms with Crippen LogP contribution in [0, 0.1) is 6.92 Å². The standard InChI is InChI=1S/C18H22N2O2S/c1-13-9-19-18(20-10-13)23-12-15(21)11-22-17-8-4-6-14-5-2-3-7-16(14)17/h2-3,5,7,9-10,15,17,21H,4,6,8,11-12H2,1H3. The molecule has 0 fully saturated rings. The summed E-state index contributed by atoms with van der Waals surface area (Å²) < 4.78 is 5.97. The SMILES string of the molecule is Cc1cnc(SCC(O)COC2CCCc3ccccc32)nc1. The van der Waals surface area contributed by atoms with Gasteiger partial charge in [0.2, 0.25) is 0 Å². The molecule has 1 aromatic carbocycles. The summed E-state index contributed by atoms with van der Waals surface area (Å²) in [5.41, 5.74) is 3.69. The van der Waals surface area contributed by atoms with Gasteiger partial charge in [0.05, 0.1) is 18.8 Å². The summed E-state index contributed by atoms with van der Waals surface area (Å²) in [6, 6.07) is 8.45. The van der Waals surface area contributed by atoms with Gasteiger partial charge >= 0.3 is 0 Å². The summed E-state index contributed by atoms with van der Waals surface area (Å²) in [5.74, 6) is 0.539. The van der Waals surface area contributed by atoms with Crippen LogP contribution in [0.25, 0.3) is 0 Å². The summed E-state index contributed by atoms with van der Waals surface area (Å²) in [4.78, 5) is 8.46. The van der Waals surface area contributed by atoms with Gasteiger partial charge in [-0.3, -0.25) is 0 Å². The number of hydrogen-bond donors (Lipinski definition) is 1. The molecule has 122 valence electrons. The minimum Gasteiger partial charge on any atom is -0.390 e. The largest absolute Gasteiger partial charge is 0.390 e. The number of aliphatic hydroxyl groups is 1. The van der Waals surface area contributed by atoms with Gasteiger partial charge in [-0.05, 0) is 42.9 Å². The molecule has 0 saturated heterocycles. The highest BCUT2D eigenvalue weighted by Crippen LogP contribution is 2.32. The Morgan fingerprint density at radius 2 is 2.09 bits per heavy atom. The molecular weight excluding hydrogens is 308 g/mol. The maximum atomic E-state index is 10.1. The second kappa shape index (κ2) is 7.90. The molecule has 0 spiro atoms. The maximum Gasteiger partial charge on any atom is 0.187 e. The van der Waals surface area contributed by atoms with Crippen molar-refractivity contribution >= 4 is 11.8 Å². The zero-order valence-corrected chi connectivity index (χ0v) is 14.1. The van der Waals surface area contributed by atoms with E-state index < -0.39 is 6.10 Å². The molecule has 0 aliphatic heterocycles. The topological polar surface area (TPSA) is 55.2 Å². The Morgan fingerprint density at radius 3 is 2.91 bits per heavy atom. The lowest BCUT2D eigenvalue weighted by Gasteiger charge is -2.26. The quantitative estimate of drug-likeness (QED) is 0.650. The van der Waals surface area contributed by atoms with E-state index in [0.717, 1.165) is 24.8 Å². The Balaban J connectivity index is 1.48. The van der Waals surface area contributed by atoms with Crippen molar-refractivity contribution in [2.75, 3.05) is 12.4 Å². The molecule has 2 aromatic rings. The first kappa shape index (κ1) is 16.4. The summed E-state index contributed by atoms with van der Waals surface area (Å²) in [6.45, 7) is 2.30. The van der Waals surface area contributed by atoms with Crippen LogP contribution < -0.4 is 0 Å². The van der Waals surface area contributed by atoms with Crippen molar-refractivity contribution in [3.05, 3.63) is 53.3 Å². The molecule has 0 radical (unpaired) electrons. The second-order valence-corrected chi connectivity index (χ2v) is 6.91.